The normalized spacial score (nSPS) is 11.5. The van der Waals surface area contributed by atoms with E-state index in [0.717, 1.165) is 40.6 Å². The summed E-state index contributed by atoms with van der Waals surface area (Å²) < 4.78 is 13.4. The van der Waals surface area contributed by atoms with E-state index in [1.165, 1.54) is 19.3 Å². The van der Waals surface area contributed by atoms with E-state index < -0.39 is 0 Å². The Hall–Kier alpha value is -3.68. The maximum Gasteiger partial charge on any atom is 0.265 e. The van der Waals surface area contributed by atoms with Crippen LogP contribution in [0.4, 0.5) is 5.95 Å². The molecule has 0 aliphatic rings. The molecule has 8 nitrogen and oxygen atoms in total. The molecule has 4 rings (SSSR count). The van der Waals surface area contributed by atoms with Crippen LogP contribution in [0.15, 0.2) is 47.6 Å². The predicted molar refractivity (Wildman–Crippen MR) is 132 cm³/mol. The molecular weight excluding hydrogens is 416 g/mol. The quantitative estimate of drug-likeness (QED) is 0.188. The lowest BCUT2D eigenvalue weighted by Gasteiger charge is -2.11. The van der Waals surface area contributed by atoms with Gasteiger partial charge in [0.1, 0.15) is 5.52 Å². The summed E-state index contributed by atoms with van der Waals surface area (Å²) in [5.74, 6) is 1.65. The molecule has 0 amide bonds. The van der Waals surface area contributed by atoms with Crippen molar-refractivity contribution in [1.29, 1.82) is 0 Å². The van der Waals surface area contributed by atoms with Crippen molar-refractivity contribution >= 4 is 34.2 Å². The van der Waals surface area contributed by atoms with E-state index in [1.54, 1.807) is 13.3 Å². The number of para-hydroxylation sites is 2. The first kappa shape index (κ1) is 22.5. The van der Waals surface area contributed by atoms with Crippen LogP contribution in [0.5, 0.6) is 11.5 Å². The first-order chi connectivity index (χ1) is 16.3. The zero-order valence-electron chi connectivity index (χ0n) is 19.4. The molecule has 8 heteroatoms. The van der Waals surface area contributed by atoms with Crippen LogP contribution in [0.25, 0.3) is 22.1 Å². The first-order valence-corrected chi connectivity index (χ1v) is 11.5. The van der Waals surface area contributed by atoms with Gasteiger partial charge in [-0.1, -0.05) is 50.5 Å². The summed E-state index contributed by atoms with van der Waals surface area (Å²) >= 11 is 0. The molecule has 0 spiro atoms. The molecule has 0 fully saturated rings. The summed E-state index contributed by atoms with van der Waals surface area (Å²) in [6.07, 6.45) is 6.41. The van der Waals surface area contributed by atoms with Gasteiger partial charge in [0.15, 0.2) is 17.1 Å². The molecule has 0 aliphatic carbocycles. The van der Waals surface area contributed by atoms with E-state index in [1.807, 2.05) is 37.3 Å². The first-order valence-electron chi connectivity index (χ1n) is 11.5. The minimum Gasteiger partial charge on any atom is -0.493 e. The second-order valence-electron chi connectivity index (χ2n) is 7.72. The van der Waals surface area contributed by atoms with E-state index >= 15 is 0 Å². The fourth-order valence-electron chi connectivity index (χ4n) is 3.93. The van der Waals surface area contributed by atoms with Gasteiger partial charge in [0, 0.05) is 17.5 Å². The molecule has 1 N–H and O–H groups in total. The average Bonchev–Trinajstić information content (AvgIpc) is 3.16. The number of aryl methyl sites for hydroxylation is 1. The lowest BCUT2D eigenvalue weighted by Crippen LogP contribution is -2.04. The van der Waals surface area contributed by atoms with Crippen LogP contribution in [0.2, 0.25) is 0 Å². The highest BCUT2D eigenvalue weighted by Crippen LogP contribution is 2.30. The Bertz CT molecular complexity index is 1250. The zero-order chi connectivity index (χ0) is 23.0. The van der Waals surface area contributed by atoms with E-state index in [0.29, 0.717) is 24.1 Å². The van der Waals surface area contributed by atoms with Gasteiger partial charge >= 0.3 is 0 Å². The molecule has 0 saturated heterocycles. The van der Waals surface area contributed by atoms with Crippen LogP contribution in [-0.4, -0.2) is 39.7 Å². The summed E-state index contributed by atoms with van der Waals surface area (Å²) in [7, 11) is 1.62. The Morgan fingerprint density at radius 1 is 1.03 bits per heavy atom. The molecule has 0 radical (unpaired) electrons. The number of fused-ring (bicyclic) bond motifs is 3. The van der Waals surface area contributed by atoms with Gasteiger partial charge in [0.05, 0.1) is 25.4 Å². The van der Waals surface area contributed by atoms with E-state index in [2.05, 4.69) is 44.3 Å². The second-order valence-corrected chi connectivity index (χ2v) is 7.72. The second kappa shape index (κ2) is 10.8. The number of rotatable bonds is 11. The van der Waals surface area contributed by atoms with Crippen molar-refractivity contribution in [2.24, 2.45) is 5.10 Å². The molecule has 2 aromatic heterocycles. The van der Waals surface area contributed by atoms with Gasteiger partial charge in [0.2, 0.25) is 0 Å². The molecule has 4 aromatic rings. The molecule has 0 atom stereocenters. The number of nitrogens with one attached hydrogen (secondary N) is 1. The maximum atomic E-state index is 5.73. The van der Waals surface area contributed by atoms with Gasteiger partial charge in [-0.3, -0.25) is 0 Å². The highest BCUT2D eigenvalue weighted by molar-refractivity contribution is 6.04. The molecule has 2 heterocycles. The predicted octanol–water partition coefficient (Wildman–Crippen LogP) is 5.41. The SMILES string of the molecule is CCCCCCn1c2ccccc2c2nnc(N/N=C/c3cccc(OC)c3OCC)nc21. The number of unbranched alkanes of at least 4 members (excludes halogenated alkanes) is 3. The van der Waals surface area contributed by atoms with Crippen LogP contribution in [0.3, 0.4) is 0 Å². The minimum absolute atomic E-state index is 0.345. The molecule has 2 aromatic carbocycles. The van der Waals surface area contributed by atoms with E-state index in [-0.39, 0.29) is 0 Å². The number of benzene rings is 2. The number of hydrogen-bond donors (Lipinski definition) is 1. The average molecular weight is 447 g/mol. The smallest absolute Gasteiger partial charge is 0.265 e. The van der Waals surface area contributed by atoms with Gasteiger partial charge in [-0.2, -0.15) is 10.1 Å². The van der Waals surface area contributed by atoms with Crippen LogP contribution < -0.4 is 14.9 Å². The number of nitrogens with zero attached hydrogens (tertiary/aromatic N) is 5. The molecule has 0 bridgehead atoms. The third-order valence-corrected chi connectivity index (χ3v) is 5.50. The van der Waals surface area contributed by atoms with Gasteiger partial charge in [0.25, 0.3) is 5.95 Å². The summed E-state index contributed by atoms with van der Waals surface area (Å²) in [5, 5.41) is 14.1. The van der Waals surface area contributed by atoms with Crippen molar-refractivity contribution < 1.29 is 9.47 Å². The summed E-state index contributed by atoms with van der Waals surface area (Å²) in [5.41, 5.74) is 6.46. The van der Waals surface area contributed by atoms with Crippen molar-refractivity contribution in [3.8, 4) is 11.5 Å². The monoisotopic (exact) mass is 446 g/mol. The van der Waals surface area contributed by atoms with Crippen LogP contribution in [0.1, 0.15) is 45.1 Å². The molecule has 33 heavy (non-hydrogen) atoms. The summed E-state index contributed by atoms with van der Waals surface area (Å²) in [6, 6.07) is 13.9. The summed E-state index contributed by atoms with van der Waals surface area (Å²) in [4.78, 5) is 4.74. The van der Waals surface area contributed by atoms with E-state index in [9.17, 15) is 0 Å². The lowest BCUT2D eigenvalue weighted by atomic mass is 10.2. The summed E-state index contributed by atoms with van der Waals surface area (Å²) in [6.45, 7) is 5.58. The van der Waals surface area contributed by atoms with Crippen molar-refractivity contribution in [2.75, 3.05) is 19.1 Å². The molecule has 0 saturated carbocycles. The molecule has 0 aliphatic heterocycles. The Morgan fingerprint density at radius 3 is 2.73 bits per heavy atom. The van der Waals surface area contributed by atoms with Gasteiger partial charge < -0.3 is 14.0 Å². The van der Waals surface area contributed by atoms with Crippen LogP contribution in [0, 0.1) is 0 Å². The largest absolute Gasteiger partial charge is 0.493 e. The number of hydrogen-bond acceptors (Lipinski definition) is 7. The van der Waals surface area contributed by atoms with E-state index in [4.69, 9.17) is 14.5 Å². The molecule has 172 valence electrons. The zero-order valence-corrected chi connectivity index (χ0v) is 19.4. The fourth-order valence-corrected chi connectivity index (χ4v) is 3.93. The molecule has 0 unspecified atom stereocenters. The third-order valence-electron chi connectivity index (χ3n) is 5.50. The Balaban J connectivity index is 1.61. The number of anilines is 1. The Labute approximate surface area is 193 Å². The van der Waals surface area contributed by atoms with Gasteiger partial charge in [-0.05, 0) is 31.5 Å². The maximum absolute atomic E-state index is 5.73. The van der Waals surface area contributed by atoms with Crippen molar-refractivity contribution in [3.63, 3.8) is 0 Å². The minimum atomic E-state index is 0.345. The van der Waals surface area contributed by atoms with Crippen LogP contribution >= 0.6 is 0 Å². The lowest BCUT2D eigenvalue weighted by molar-refractivity contribution is 0.310. The standard InChI is InChI=1S/C25H30N6O2/c1-4-6-7-10-16-31-20-14-9-8-13-19(20)22-24(31)27-25(30-28-22)29-26-17-18-12-11-15-21(32-3)23(18)33-5-2/h8-9,11-15,17H,4-7,10,16H2,1-3H3,(H,27,29,30)/b26-17+. The van der Waals surface area contributed by atoms with Crippen molar-refractivity contribution in [2.45, 2.75) is 46.1 Å². The van der Waals surface area contributed by atoms with Gasteiger partial charge in [-0.25, -0.2) is 5.43 Å². The van der Waals surface area contributed by atoms with Crippen molar-refractivity contribution in [3.05, 3.63) is 48.0 Å². The number of hydrazone groups is 1. The topological polar surface area (TPSA) is 86.5 Å². The van der Waals surface area contributed by atoms with Crippen LogP contribution in [-0.2, 0) is 6.54 Å². The highest BCUT2D eigenvalue weighted by atomic mass is 16.5. The molecular formula is C25H30N6O2. The third kappa shape index (κ3) is 4.89. The highest BCUT2D eigenvalue weighted by Gasteiger charge is 2.14. The number of methoxy groups -OCH3 is 1. The number of ether oxygens (including phenoxy) is 2. The van der Waals surface area contributed by atoms with Gasteiger partial charge in [-0.15, -0.1) is 10.2 Å². The fraction of sp³-hybridized carbons (Fsp3) is 0.360. The van der Waals surface area contributed by atoms with Crippen molar-refractivity contribution in [1.82, 2.24) is 19.7 Å². The Morgan fingerprint density at radius 2 is 1.91 bits per heavy atom. The number of aromatic nitrogens is 4. The Kier molecular flexibility index (Phi) is 7.34.